The Hall–Kier alpha value is -3.19. The standard InChI is InChI=1S/C62H100FN3O17/c1-16-44-50-49(81-56(73)82-50)37(8)66(24-18-23-64-55(72)62(75)33(4)25-42-41-20-19-39-27-40(67)21-22-57(39,10)61(41,63)45(68)29-58(42,62)11)31-32(3)28-59(12,74)52(83-54-47(69)43(65(14)17-2)26-34(5)77-54)35(6)48(36(7)53(71)79-44)80-46-30-60(13,76-15)51(70)38(9)78-46/h21-22,27,32-38,41-52,54,68-70,74-75H,16-20,23-26,28-31H2,1-15H3,(H,64,72)/t32-,33-,34-,35-,36-,37-,38+,41?,42?,43+,44-,45+,46?,47-,48+,49?,50?,51+,52-,54?,57+,58+,59-,60-,61+,62+/m1/s1. The molecule has 6 N–H and O–H groups in total. The van der Waals surface area contributed by atoms with Crippen LogP contribution in [-0.2, 0) is 52.3 Å². The first-order valence-electron chi connectivity index (χ1n) is 30.9. The molecule has 8 aliphatic rings. The average Bonchev–Trinajstić information content (AvgIpc) is 1.77. The molecule has 20 nitrogen and oxygen atoms in total. The number of nitrogens with zero attached hydrogens (tertiary/aromatic N) is 2. The van der Waals surface area contributed by atoms with Gasteiger partial charge in [0.15, 0.2) is 41.8 Å². The SMILES string of the molecule is CC[C@H]1OC(=O)[C@H](C)[C@@H](OC2C[C@@](C)(OC)[C@@H](O)[C@H](C)O2)[C@@H](C)[C@@H](OC2O[C@H](C)C[C@H](N(C)CC)[C@H]2O)[C@](C)(O)C[C@@H](C)CN(CCCNC(=O)[C@@]2(O)[C@H](C)CC3C4CCC5=CC(=O)C=C[C@]5(C)[C@@]4(F)[C@@H](O)C[C@@]32C)[C@H](C)C2OC(=O)OC21. The molecule has 0 spiro atoms. The van der Waals surface area contributed by atoms with Gasteiger partial charge in [0.2, 0.25) is 0 Å². The topological polar surface area (TPSA) is 262 Å². The van der Waals surface area contributed by atoms with Crippen LogP contribution in [-0.4, -0.2) is 208 Å². The third-order valence-electron chi connectivity index (χ3n) is 21.9. The Morgan fingerprint density at radius 2 is 1.59 bits per heavy atom. The molecule has 3 saturated carbocycles. The number of alkyl halides is 1. The van der Waals surface area contributed by atoms with Gasteiger partial charge in [-0.2, -0.15) is 0 Å². The van der Waals surface area contributed by atoms with Gasteiger partial charge >= 0.3 is 12.1 Å². The molecule has 26 atom stereocenters. The van der Waals surface area contributed by atoms with Crippen LogP contribution in [0.1, 0.15) is 148 Å². The third kappa shape index (κ3) is 11.8. The molecule has 6 unspecified atom stereocenters. The van der Waals surface area contributed by atoms with Crippen molar-refractivity contribution in [2.24, 2.45) is 46.3 Å². The van der Waals surface area contributed by atoms with E-state index in [0.29, 0.717) is 57.3 Å². The highest BCUT2D eigenvalue weighted by atomic mass is 19.1. The minimum absolute atomic E-state index is 0.0749. The quantitative estimate of drug-likeness (QED) is 0.101. The molecular weight excluding hydrogens is 1080 g/mol. The van der Waals surface area contributed by atoms with Crippen LogP contribution in [0.3, 0.4) is 0 Å². The van der Waals surface area contributed by atoms with Crippen molar-refractivity contribution < 1.29 is 87.0 Å². The van der Waals surface area contributed by atoms with Crippen molar-refractivity contribution >= 4 is 23.8 Å². The van der Waals surface area contributed by atoms with Crippen LogP contribution >= 0.6 is 0 Å². The van der Waals surface area contributed by atoms with Gasteiger partial charge in [-0.3, -0.25) is 19.3 Å². The first-order valence-corrected chi connectivity index (χ1v) is 30.9. The second-order valence-electron chi connectivity index (χ2n) is 27.4. The average molecular weight is 1180 g/mol. The molecule has 0 aromatic heterocycles. The zero-order valence-electron chi connectivity index (χ0n) is 51.9. The number of hydrogen-bond acceptors (Lipinski definition) is 19. The van der Waals surface area contributed by atoms with E-state index in [2.05, 4.69) is 10.2 Å². The van der Waals surface area contributed by atoms with Crippen molar-refractivity contribution in [3.8, 4) is 0 Å². The Morgan fingerprint density at radius 3 is 2.25 bits per heavy atom. The fourth-order valence-corrected chi connectivity index (χ4v) is 16.9. The van der Waals surface area contributed by atoms with Crippen LogP contribution in [0, 0.1) is 46.3 Å². The summed E-state index contributed by atoms with van der Waals surface area (Å²) in [7, 11) is 3.41. The van der Waals surface area contributed by atoms with E-state index in [9.17, 15) is 44.7 Å². The second kappa shape index (κ2) is 24.8. The zero-order valence-corrected chi connectivity index (χ0v) is 51.9. The van der Waals surface area contributed by atoms with Crippen LogP contribution in [0.2, 0.25) is 0 Å². The molecule has 7 fully saturated rings. The molecule has 0 radical (unpaired) electrons. The fourth-order valence-electron chi connectivity index (χ4n) is 16.9. The highest BCUT2D eigenvalue weighted by Gasteiger charge is 2.76. The fraction of sp³-hybridized carbons (Fsp3) is 0.871. The molecule has 4 heterocycles. The summed E-state index contributed by atoms with van der Waals surface area (Å²) >= 11 is 0. The Kier molecular flexibility index (Phi) is 19.6. The Morgan fingerprint density at radius 1 is 0.904 bits per heavy atom. The monoisotopic (exact) mass is 1180 g/mol. The number of aliphatic hydroxyl groups is 5. The van der Waals surface area contributed by atoms with Gasteiger partial charge in [0, 0.05) is 67.9 Å². The summed E-state index contributed by atoms with van der Waals surface area (Å²) in [6.07, 6.45) is -6.45. The van der Waals surface area contributed by atoms with Gasteiger partial charge in [-0.1, -0.05) is 53.2 Å². The lowest BCUT2D eigenvalue weighted by molar-refractivity contribution is -0.318. The summed E-state index contributed by atoms with van der Waals surface area (Å²) < 4.78 is 68.4. The number of ketones is 1. The van der Waals surface area contributed by atoms with Gasteiger partial charge in [-0.15, -0.1) is 0 Å². The normalized spacial score (nSPS) is 49.0. The largest absolute Gasteiger partial charge is 0.509 e. The maximum Gasteiger partial charge on any atom is 0.509 e. The number of ether oxygens (including phenoxy) is 8. The van der Waals surface area contributed by atoms with Gasteiger partial charge in [0.1, 0.15) is 18.3 Å². The van der Waals surface area contributed by atoms with Crippen LogP contribution in [0.15, 0.2) is 23.8 Å². The second-order valence-corrected chi connectivity index (χ2v) is 27.4. The van der Waals surface area contributed by atoms with Gasteiger partial charge in [-0.05, 0) is 143 Å². The van der Waals surface area contributed by atoms with E-state index in [-0.39, 0.29) is 56.1 Å². The summed E-state index contributed by atoms with van der Waals surface area (Å²) in [4.78, 5) is 59.3. The number of halogens is 1. The van der Waals surface area contributed by atoms with Gasteiger partial charge in [0.25, 0.3) is 5.91 Å². The maximum absolute atomic E-state index is 18.0. The van der Waals surface area contributed by atoms with E-state index < -0.39 is 154 Å². The molecule has 0 bridgehead atoms. The minimum Gasteiger partial charge on any atom is -0.458 e. The molecule has 0 aromatic rings. The predicted molar refractivity (Wildman–Crippen MR) is 302 cm³/mol. The number of carbonyl (C=O) groups excluding carboxylic acids is 4. The summed E-state index contributed by atoms with van der Waals surface area (Å²) in [6, 6.07) is -0.930. The van der Waals surface area contributed by atoms with E-state index in [0.717, 1.165) is 0 Å². The van der Waals surface area contributed by atoms with Gasteiger partial charge < -0.3 is 73.6 Å². The van der Waals surface area contributed by atoms with Crippen molar-refractivity contribution in [1.82, 2.24) is 15.1 Å². The molecular formula is C62H100FN3O17. The van der Waals surface area contributed by atoms with Crippen LogP contribution in [0.4, 0.5) is 9.18 Å². The lowest BCUT2D eigenvalue weighted by atomic mass is 9.44. The number of fused-ring (bicyclic) bond motifs is 6. The van der Waals surface area contributed by atoms with Crippen molar-refractivity contribution in [3.05, 3.63) is 23.8 Å². The summed E-state index contributed by atoms with van der Waals surface area (Å²) in [5.41, 5.74) is -8.67. The zero-order chi connectivity index (χ0) is 61.3. The number of allylic oxidation sites excluding steroid dienone is 4. The number of carbonyl (C=O) groups is 4. The molecule has 21 heteroatoms. The Bertz CT molecular complexity index is 2420. The number of aliphatic hydroxyl groups excluding tert-OH is 3. The van der Waals surface area contributed by atoms with E-state index >= 15 is 4.39 Å². The highest BCUT2D eigenvalue weighted by molar-refractivity contribution is 6.01. The number of rotatable bonds is 13. The third-order valence-corrected chi connectivity index (χ3v) is 21.9. The smallest absolute Gasteiger partial charge is 0.458 e. The lowest BCUT2D eigenvalue weighted by Crippen LogP contribution is -2.70. The van der Waals surface area contributed by atoms with Crippen molar-refractivity contribution in [2.75, 3.05) is 40.3 Å². The number of nitrogens with one attached hydrogen (secondary N) is 1. The molecule has 0 aromatic carbocycles. The molecule has 472 valence electrons. The van der Waals surface area contributed by atoms with Crippen LogP contribution in [0.25, 0.3) is 0 Å². The first kappa shape index (κ1) is 65.8. The first-order chi connectivity index (χ1) is 38.8. The molecule has 4 aliphatic heterocycles. The highest BCUT2D eigenvalue weighted by Crippen LogP contribution is 2.70. The van der Waals surface area contributed by atoms with Gasteiger partial charge in [-0.25, -0.2) is 9.18 Å². The Balaban J connectivity index is 1.07. The summed E-state index contributed by atoms with van der Waals surface area (Å²) in [5, 5.41) is 64.1. The molecule has 4 saturated heterocycles. The number of cyclic esters (lactones) is 1. The minimum atomic E-state index is -2.12. The molecule has 1 amide bonds. The van der Waals surface area contributed by atoms with Crippen molar-refractivity contribution in [2.45, 2.75) is 256 Å². The Labute approximate surface area is 490 Å². The number of methoxy groups -OCH3 is 1. The number of hydrogen-bond donors (Lipinski definition) is 6. The van der Waals surface area contributed by atoms with Crippen LogP contribution < -0.4 is 5.32 Å². The van der Waals surface area contributed by atoms with Crippen LogP contribution in [0.5, 0.6) is 0 Å². The van der Waals surface area contributed by atoms with Crippen molar-refractivity contribution in [1.29, 1.82) is 0 Å². The molecule has 4 aliphatic carbocycles. The van der Waals surface area contributed by atoms with E-state index in [1.807, 2.05) is 46.6 Å². The summed E-state index contributed by atoms with van der Waals surface area (Å²) in [5.74, 6) is -5.53. The van der Waals surface area contributed by atoms with Crippen molar-refractivity contribution in [3.63, 3.8) is 0 Å². The summed E-state index contributed by atoms with van der Waals surface area (Å²) in [6.45, 7) is 24.8. The van der Waals surface area contributed by atoms with E-state index in [4.69, 9.17) is 37.9 Å². The predicted octanol–water partition coefficient (Wildman–Crippen LogP) is 5.31. The maximum atomic E-state index is 18.0. The van der Waals surface area contributed by atoms with E-state index in [1.165, 1.54) is 19.3 Å². The molecule has 8 rings (SSSR count). The molecule has 83 heavy (non-hydrogen) atoms. The van der Waals surface area contributed by atoms with E-state index in [1.54, 1.807) is 61.5 Å². The number of likely N-dealkylation sites (N-methyl/N-ethyl adjacent to an activating group) is 1. The number of esters is 1. The number of amides is 1. The lowest BCUT2D eigenvalue weighted by Gasteiger charge is -2.62. The van der Waals surface area contributed by atoms with Gasteiger partial charge in [0.05, 0.1) is 47.6 Å².